The molecule has 0 radical (unpaired) electrons. The van der Waals surface area contributed by atoms with E-state index in [2.05, 4.69) is 43.3 Å². The number of aliphatic hydroxyl groups excluding tert-OH is 1. The number of carbonyl (C=O) groups excluding carboxylic acids is 1. The maximum Gasteiger partial charge on any atom is 0.251 e. The summed E-state index contributed by atoms with van der Waals surface area (Å²) >= 11 is 0. The van der Waals surface area contributed by atoms with E-state index in [0.29, 0.717) is 48.5 Å². The van der Waals surface area contributed by atoms with Gasteiger partial charge in [0.1, 0.15) is 24.0 Å². The first kappa shape index (κ1) is 27.9. The number of nitriles is 1. The fraction of sp³-hybridized carbons (Fsp3) is 0.419. The highest BCUT2D eigenvalue weighted by molar-refractivity contribution is 5.80. The van der Waals surface area contributed by atoms with Gasteiger partial charge < -0.3 is 29.7 Å². The fourth-order valence-electron chi connectivity index (χ4n) is 5.59. The zero-order valence-electron chi connectivity index (χ0n) is 23.6. The monoisotopic (exact) mass is 569 g/mol. The van der Waals surface area contributed by atoms with Crippen molar-refractivity contribution < 1.29 is 19.4 Å². The van der Waals surface area contributed by atoms with Gasteiger partial charge >= 0.3 is 0 Å². The summed E-state index contributed by atoms with van der Waals surface area (Å²) in [5.74, 6) is 0.614. The number of benzene rings is 2. The molecule has 3 aromatic rings. The molecule has 11 heteroatoms. The molecular formula is C31H35N7O4. The van der Waals surface area contributed by atoms with Crippen molar-refractivity contribution in [3.63, 3.8) is 0 Å². The van der Waals surface area contributed by atoms with Gasteiger partial charge in [0.25, 0.3) is 5.91 Å². The predicted octanol–water partition coefficient (Wildman–Crippen LogP) is 2.64. The van der Waals surface area contributed by atoms with Gasteiger partial charge in [0.2, 0.25) is 5.95 Å². The van der Waals surface area contributed by atoms with Crippen molar-refractivity contribution in [2.24, 2.45) is 0 Å². The zero-order chi connectivity index (χ0) is 29.1. The average Bonchev–Trinajstić information content (AvgIpc) is 3.45. The molecule has 3 fully saturated rings. The number of amides is 1. The lowest BCUT2D eigenvalue weighted by Crippen LogP contribution is -2.56. The second kappa shape index (κ2) is 12.3. The molecule has 3 aliphatic heterocycles. The smallest absolute Gasteiger partial charge is 0.251 e. The van der Waals surface area contributed by atoms with E-state index in [1.54, 1.807) is 29.3 Å². The third-order valence-corrected chi connectivity index (χ3v) is 8.10. The molecule has 1 aromatic heterocycles. The molecule has 0 saturated carbocycles. The number of nitrogens with one attached hydrogen (secondary N) is 1. The summed E-state index contributed by atoms with van der Waals surface area (Å²) in [7, 11) is 0. The number of nitrogens with zero attached hydrogens (tertiary/aromatic N) is 6. The third-order valence-electron chi connectivity index (χ3n) is 8.10. The molecule has 1 unspecified atom stereocenters. The van der Waals surface area contributed by atoms with E-state index in [-0.39, 0.29) is 12.0 Å². The van der Waals surface area contributed by atoms with E-state index < -0.39 is 6.10 Å². The Morgan fingerprint density at radius 2 is 1.90 bits per heavy atom. The van der Waals surface area contributed by atoms with Crippen LogP contribution < -0.4 is 15.0 Å². The van der Waals surface area contributed by atoms with Gasteiger partial charge in [-0.25, -0.2) is 9.97 Å². The minimum Gasteiger partial charge on any atom is -0.487 e. The Morgan fingerprint density at radius 3 is 2.60 bits per heavy atom. The molecule has 2 aromatic carbocycles. The highest BCUT2D eigenvalue weighted by atomic mass is 16.5. The number of anilines is 3. The van der Waals surface area contributed by atoms with Crippen molar-refractivity contribution in [1.82, 2.24) is 19.8 Å². The quantitative estimate of drug-likeness (QED) is 0.418. The summed E-state index contributed by atoms with van der Waals surface area (Å²) in [5, 5.41) is 22.7. The van der Waals surface area contributed by atoms with Crippen molar-refractivity contribution in [3.05, 3.63) is 60.3 Å². The van der Waals surface area contributed by atoms with Crippen LogP contribution in [0.5, 0.6) is 5.75 Å². The summed E-state index contributed by atoms with van der Waals surface area (Å²) in [4.78, 5) is 27.7. The van der Waals surface area contributed by atoms with Gasteiger partial charge in [-0.15, -0.1) is 0 Å². The number of aromatic nitrogens is 2. The van der Waals surface area contributed by atoms with Gasteiger partial charge in [-0.1, -0.05) is 0 Å². The molecule has 4 heterocycles. The normalized spacial score (nSPS) is 20.1. The van der Waals surface area contributed by atoms with Crippen LogP contribution >= 0.6 is 0 Å². The molecular weight excluding hydrogens is 534 g/mol. The Morgan fingerprint density at radius 1 is 1.12 bits per heavy atom. The molecule has 2 N–H and O–H groups in total. The van der Waals surface area contributed by atoms with Gasteiger partial charge in [-0.3, -0.25) is 9.69 Å². The lowest BCUT2D eigenvalue weighted by atomic mass is 10.1. The maximum absolute atomic E-state index is 12.1. The number of piperazine rings is 1. The largest absolute Gasteiger partial charge is 0.487 e. The van der Waals surface area contributed by atoms with Gasteiger partial charge in [-0.2, -0.15) is 5.26 Å². The van der Waals surface area contributed by atoms with Crippen LogP contribution in [0, 0.1) is 11.3 Å². The topological polar surface area (TPSA) is 127 Å². The molecule has 1 amide bonds. The van der Waals surface area contributed by atoms with Gasteiger partial charge in [-0.05, 0) is 55.5 Å². The van der Waals surface area contributed by atoms with Crippen molar-refractivity contribution >= 4 is 23.2 Å². The first-order valence-electron chi connectivity index (χ1n) is 14.4. The van der Waals surface area contributed by atoms with Crippen LogP contribution in [-0.4, -0.2) is 102 Å². The van der Waals surface area contributed by atoms with Gasteiger partial charge in [0.15, 0.2) is 0 Å². The molecule has 2 atom stereocenters. The molecule has 0 bridgehead atoms. The van der Waals surface area contributed by atoms with Gasteiger partial charge in [0.05, 0.1) is 37.1 Å². The number of rotatable bonds is 8. The number of aliphatic hydroxyl groups is 1. The van der Waals surface area contributed by atoms with Crippen molar-refractivity contribution in [1.29, 1.82) is 5.26 Å². The summed E-state index contributed by atoms with van der Waals surface area (Å²) < 4.78 is 11.4. The zero-order valence-corrected chi connectivity index (χ0v) is 23.6. The Labute approximate surface area is 245 Å². The van der Waals surface area contributed by atoms with Crippen LogP contribution in [0.25, 0.3) is 11.3 Å². The molecule has 42 heavy (non-hydrogen) atoms. The van der Waals surface area contributed by atoms with E-state index in [1.165, 1.54) is 12.6 Å². The summed E-state index contributed by atoms with van der Waals surface area (Å²) in [5.41, 5.74) is 3.92. The third kappa shape index (κ3) is 6.16. The SMILES string of the molecule is C[C@H](O)C(=O)N1CCC(Oc2ccc(-c3ccnc(Nc4ccc(N5CCN(C6COC6)CC5)cc4)n3)cc2C#N)C1. The minimum absolute atomic E-state index is 0.237. The van der Waals surface area contributed by atoms with Crippen LogP contribution in [0.3, 0.4) is 0 Å². The van der Waals surface area contributed by atoms with E-state index in [0.717, 1.165) is 50.6 Å². The van der Waals surface area contributed by atoms with Crippen LogP contribution in [0.15, 0.2) is 54.7 Å². The second-order valence-corrected chi connectivity index (χ2v) is 11.0. The molecule has 3 saturated heterocycles. The van der Waals surface area contributed by atoms with Crippen LogP contribution in [0.2, 0.25) is 0 Å². The molecule has 3 aliphatic rings. The Kier molecular flexibility index (Phi) is 8.19. The Balaban J connectivity index is 1.08. The van der Waals surface area contributed by atoms with E-state index in [9.17, 15) is 15.2 Å². The number of ether oxygens (including phenoxy) is 2. The van der Waals surface area contributed by atoms with E-state index >= 15 is 0 Å². The standard InChI is InChI=1S/C31H35N7O4/c1-21(39)30(40)38-11-9-27(18-38)42-29-7-2-22(16-23(29)17-32)28-8-10-33-31(35-28)34-24-3-5-25(6-4-24)36-12-14-37(15-13-36)26-19-41-20-26/h2-8,10,16,21,26-27,39H,9,11-15,18-20H2,1H3,(H,33,34,35)/t21-,27?/m0/s1. The number of hydrogen-bond donors (Lipinski definition) is 2. The molecule has 6 rings (SSSR count). The summed E-state index contributed by atoms with van der Waals surface area (Å²) in [6.45, 7) is 8.20. The molecule has 0 aliphatic carbocycles. The highest BCUT2D eigenvalue weighted by Gasteiger charge is 2.30. The molecule has 0 spiro atoms. The maximum atomic E-state index is 12.1. The molecule has 218 valence electrons. The Hall–Kier alpha value is -4.24. The van der Waals surface area contributed by atoms with Crippen molar-refractivity contribution in [2.45, 2.75) is 31.6 Å². The second-order valence-electron chi connectivity index (χ2n) is 11.0. The van der Waals surface area contributed by atoms with Crippen molar-refractivity contribution in [2.75, 3.05) is 62.7 Å². The van der Waals surface area contributed by atoms with Crippen molar-refractivity contribution in [3.8, 4) is 23.1 Å². The lowest BCUT2D eigenvalue weighted by Gasteiger charge is -2.43. The van der Waals surface area contributed by atoms with Gasteiger partial charge in [0, 0.05) is 62.3 Å². The number of carbonyl (C=O) groups is 1. The molecule has 11 nitrogen and oxygen atoms in total. The van der Waals surface area contributed by atoms with Crippen LogP contribution in [-0.2, 0) is 9.53 Å². The highest BCUT2D eigenvalue weighted by Crippen LogP contribution is 2.29. The number of likely N-dealkylation sites (tertiary alicyclic amines) is 1. The van der Waals surface area contributed by atoms with Crippen LogP contribution in [0.4, 0.5) is 17.3 Å². The average molecular weight is 570 g/mol. The fourth-order valence-corrected chi connectivity index (χ4v) is 5.59. The lowest BCUT2D eigenvalue weighted by molar-refractivity contribution is -0.138. The van der Waals surface area contributed by atoms with E-state index in [4.69, 9.17) is 9.47 Å². The predicted molar refractivity (Wildman–Crippen MR) is 158 cm³/mol. The first-order valence-corrected chi connectivity index (χ1v) is 14.4. The number of hydrogen-bond acceptors (Lipinski definition) is 10. The van der Waals surface area contributed by atoms with Crippen LogP contribution in [0.1, 0.15) is 18.9 Å². The summed E-state index contributed by atoms with van der Waals surface area (Å²) in [6.07, 6.45) is 1.05. The minimum atomic E-state index is -1.04. The first-order chi connectivity index (χ1) is 20.5. The van der Waals surface area contributed by atoms with E-state index in [1.807, 2.05) is 18.2 Å². The Bertz CT molecular complexity index is 1450. The summed E-state index contributed by atoms with van der Waals surface area (Å²) in [6, 6.07) is 18.3.